The third-order valence-corrected chi connectivity index (χ3v) is 5.37. The van der Waals surface area contributed by atoms with Crippen molar-refractivity contribution in [1.82, 2.24) is 19.7 Å². The average molecular weight is 400 g/mol. The van der Waals surface area contributed by atoms with Crippen LogP contribution in [0, 0.1) is 0 Å². The molecule has 0 radical (unpaired) electrons. The molecule has 0 saturated carbocycles. The largest absolute Gasteiger partial charge is 0.383 e. The van der Waals surface area contributed by atoms with Gasteiger partial charge in [-0.3, -0.25) is 0 Å². The molecule has 7 heteroatoms. The highest BCUT2D eigenvalue weighted by atomic mass is 16.5. The van der Waals surface area contributed by atoms with Crippen LogP contribution in [-0.2, 0) is 11.3 Å². The summed E-state index contributed by atoms with van der Waals surface area (Å²) in [5.41, 5.74) is 10.0. The number of aromatic nitrogens is 4. The molecule has 3 N–H and O–H groups in total. The summed E-state index contributed by atoms with van der Waals surface area (Å²) >= 11 is 0. The summed E-state index contributed by atoms with van der Waals surface area (Å²) in [6, 6.07) is 20.2. The first kappa shape index (κ1) is 18.6. The Bertz CT molecular complexity index is 1140. The van der Waals surface area contributed by atoms with E-state index in [1.165, 1.54) is 0 Å². The lowest BCUT2D eigenvalue weighted by atomic mass is 10.1. The highest BCUT2D eigenvalue weighted by molar-refractivity contribution is 5.98. The smallest absolute Gasteiger partial charge is 0.225 e. The van der Waals surface area contributed by atoms with Gasteiger partial charge in [-0.25, -0.2) is 9.67 Å². The zero-order valence-electron chi connectivity index (χ0n) is 16.7. The number of hydrogen-bond donors (Lipinski definition) is 2. The Morgan fingerprint density at radius 3 is 2.53 bits per heavy atom. The van der Waals surface area contributed by atoms with Crippen LogP contribution in [-0.4, -0.2) is 39.0 Å². The van der Waals surface area contributed by atoms with Gasteiger partial charge in [0.1, 0.15) is 5.82 Å². The fourth-order valence-electron chi connectivity index (χ4n) is 3.83. The third kappa shape index (κ3) is 3.71. The molecule has 0 unspecified atom stereocenters. The molecule has 30 heavy (non-hydrogen) atoms. The van der Waals surface area contributed by atoms with E-state index in [0.717, 1.165) is 41.7 Å². The molecule has 1 aliphatic heterocycles. The van der Waals surface area contributed by atoms with E-state index in [1.807, 2.05) is 48.5 Å². The molecule has 3 heterocycles. The van der Waals surface area contributed by atoms with Crippen molar-refractivity contribution in [3.05, 3.63) is 66.2 Å². The van der Waals surface area contributed by atoms with Crippen LogP contribution in [0.5, 0.6) is 0 Å². The standard InChI is InChI=1S/C23H24N6O/c24-21-19-20(17-10-5-2-6-11-17)26-23(25-14-18-12-7-13-30-18)27-22(19)28-29(21)15-16-8-3-1-4-9-16/h1-6,8-11,18H,7,12-15,24H2,(H,25,27,28)/t18-/m0/s1. The molecule has 0 spiro atoms. The summed E-state index contributed by atoms with van der Waals surface area (Å²) < 4.78 is 7.51. The first-order valence-corrected chi connectivity index (χ1v) is 10.3. The fraction of sp³-hybridized carbons (Fsp3) is 0.261. The van der Waals surface area contributed by atoms with Crippen molar-refractivity contribution in [2.24, 2.45) is 0 Å². The molecule has 1 saturated heterocycles. The molecule has 1 atom stereocenters. The van der Waals surface area contributed by atoms with E-state index in [9.17, 15) is 0 Å². The van der Waals surface area contributed by atoms with Gasteiger partial charge in [-0.1, -0.05) is 60.7 Å². The second kappa shape index (κ2) is 8.12. The minimum absolute atomic E-state index is 0.199. The van der Waals surface area contributed by atoms with Crippen LogP contribution in [0.1, 0.15) is 18.4 Å². The normalized spacial score (nSPS) is 16.2. The summed E-state index contributed by atoms with van der Waals surface area (Å²) in [7, 11) is 0. The molecule has 1 fully saturated rings. The lowest BCUT2D eigenvalue weighted by molar-refractivity contribution is 0.120. The van der Waals surface area contributed by atoms with Crippen LogP contribution < -0.4 is 11.1 Å². The molecule has 152 valence electrons. The SMILES string of the molecule is Nc1c2c(-c3ccccc3)nc(NC[C@@H]3CCCO3)nc2nn1Cc1ccccc1. The van der Waals surface area contributed by atoms with Crippen LogP contribution in [0.15, 0.2) is 60.7 Å². The second-order valence-corrected chi connectivity index (χ2v) is 7.50. The van der Waals surface area contributed by atoms with Crippen LogP contribution >= 0.6 is 0 Å². The van der Waals surface area contributed by atoms with Gasteiger partial charge in [0.2, 0.25) is 5.95 Å². The summed E-state index contributed by atoms with van der Waals surface area (Å²) in [6.45, 7) is 2.08. The van der Waals surface area contributed by atoms with Gasteiger partial charge in [-0.2, -0.15) is 4.98 Å². The van der Waals surface area contributed by atoms with Crippen molar-refractivity contribution in [1.29, 1.82) is 0 Å². The second-order valence-electron chi connectivity index (χ2n) is 7.50. The molecule has 7 nitrogen and oxygen atoms in total. The molecular weight excluding hydrogens is 376 g/mol. The van der Waals surface area contributed by atoms with Crippen LogP contribution in [0.4, 0.5) is 11.8 Å². The summed E-state index contributed by atoms with van der Waals surface area (Å²) in [4.78, 5) is 9.46. The minimum atomic E-state index is 0.199. The Balaban J connectivity index is 1.56. The zero-order chi connectivity index (χ0) is 20.3. The molecule has 1 aliphatic rings. The maximum absolute atomic E-state index is 6.53. The number of hydrogen-bond acceptors (Lipinski definition) is 6. The Morgan fingerprint density at radius 2 is 1.80 bits per heavy atom. The van der Waals surface area contributed by atoms with Crippen LogP contribution in [0.25, 0.3) is 22.3 Å². The molecule has 0 aliphatic carbocycles. The van der Waals surface area contributed by atoms with Crippen molar-refractivity contribution in [2.45, 2.75) is 25.5 Å². The van der Waals surface area contributed by atoms with E-state index in [1.54, 1.807) is 4.68 Å². The van der Waals surface area contributed by atoms with E-state index >= 15 is 0 Å². The third-order valence-electron chi connectivity index (χ3n) is 5.37. The topological polar surface area (TPSA) is 90.9 Å². The number of nitrogens with zero attached hydrogens (tertiary/aromatic N) is 4. The van der Waals surface area contributed by atoms with Gasteiger partial charge >= 0.3 is 0 Å². The van der Waals surface area contributed by atoms with Crippen molar-refractivity contribution in [3.8, 4) is 11.3 Å². The molecular formula is C23H24N6O. The summed E-state index contributed by atoms with van der Waals surface area (Å²) in [5.74, 6) is 1.11. The number of nitrogens with one attached hydrogen (secondary N) is 1. The van der Waals surface area contributed by atoms with Gasteiger partial charge in [0, 0.05) is 18.7 Å². The first-order chi connectivity index (χ1) is 14.8. The summed E-state index contributed by atoms with van der Waals surface area (Å²) in [6.07, 6.45) is 2.35. The Hall–Kier alpha value is -3.45. The predicted octanol–water partition coefficient (Wildman–Crippen LogP) is 3.71. The number of nitrogens with two attached hydrogens (primary N) is 1. The fourth-order valence-corrected chi connectivity index (χ4v) is 3.83. The van der Waals surface area contributed by atoms with Crippen LogP contribution in [0.3, 0.4) is 0 Å². The minimum Gasteiger partial charge on any atom is -0.383 e. The molecule has 0 bridgehead atoms. The quantitative estimate of drug-likeness (QED) is 0.513. The average Bonchev–Trinajstić information content (AvgIpc) is 3.41. The highest BCUT2D eigenvalue weighted by Crippen LogP contribution is 2.31. The van der Waals surface area contributed by atoms with Gasteiger partial charge in [0.05, 0.1) is 23.7 Å². The number of nitrogen functional groups attached to an aromatic ring is 1. The molecule has 0 amide bonds. The van der Waals surface area contributed by atoms with Gasteiger partial charge in [0.15, 0.2) is 5.65 Å². The number of benzene rings is 2. The Morgan fingerprint density at radius 1 is 1.03 bits per heavy atom. The van der Waals surface area contributed by atoms with Gasteiger partial charge < -0.3 is 15.8 Å². The number of rotatable bonds is 6. The lowest BCUT2D eigenvalue weighted by Gasteiger charge is -2.12. The van der Waals surface area contributed by atoms with Gasteiger partial charge in [-0.05, 0) is 18.4 Å². The van der Waals surface area contributed by atoms with E-state index in [0.29, 0.717) is 30.5 Å². The van der Waals surface area contributed by atoms with Crippen molar-refractivity contribution in [3.63, 3.8) is 0 Å². The van der Waals surface area contributed by atoms with Gasteiger partial charge in [-0.15, -0.1) is 5.10 Å². The molecule has 2 aromatic heterocycles. The molecule has 5 rings (SSSR count). The van der Waals surface area contributed by atoms with Crippen LogP contribution in [0.2, 0.25) is 0 Å². The monoisotopic (exact) mass is 400 g/mol. The van der Waals surface area contributed by atoms with Gasteiger partial charge in [0.25, 0.3) is 0 Å². The van der Waals surface area contributed by atoms with E-state index in [-0.39, 0.29) is 6.10 Å². The Kier molecular flexibility index (Phi) is 5.03. The maximum Gasteiger partial charge on any atom is 0.225 e. The van der Waals surface area contributed by atoms with E-state index < -0.39 is 0 Å². The number of fused-ring (bicyclic) bond motifs is 1. The zero-order valence-corrected chi connectivity index (χ0v) is 16.7. The predicted molar refractivity (Wildman–Crippen MR) is 118 cm³/mol. The van der Waals surface area contributed by atoms with Crippen molar-refractivity contribution < 1.29 is 4.74 Å². The number of ether oxygens (including phenoxy) is 1. The molecule has 2 aromatic carbocycles. The lowest BCUT2D eigenvalue weighted by Crippen LogP contribution is -2.19. The van der Waals surface area contributed by atoms with E-state index in [4.69, 9.17) is 20.6 Å². The molecule has 4 aromatic rings. The maximum atomic E-state index is 6.53. The van der Waals surface area contributed by atoms with Crippen molar-refractivity contribution >= 4 is 22.8 Å². The first-order valence-electron chi connectivity index (χ1n) is 10.3. The van der Waals surface area contributed by atoms with E-state index in [2.05, 4.69) is 22.4 Å². The Labute approximate surface area is 174 Å². The summed E-state index contributed by atoms with van der Waals surface area (Å²) in [5, 5.41) is 8.81. The highest BCUT2D eigenvalue weighted by Gasteiger charge is 2.20. The number of anilines is 2. The van der Waals surface area contributed by atoms with Crippen molar-refractivity contribution in [2.75, 3.05) is 24.2 Å².